The molecule has 0 heterocycles. The Morgan fingerprint density at radius 1 is 1.26 bits per heavy atom. The molecule has 1 aliphatic carbocycles. The van der Waals surface area contributed by atoms with Crippen molar-refractivity contribution in [2.24, 2.45) is 5.41 Å². The molecule has 1 N–H and O–H groups in total. The lowest BCUT2D eigenvalue weighted by molar-refractivity contribution is 0.166. The van der Waals surface area contributed by atoms with E-state index in [-0.39, 0.29) is 0 Å². The first-order valence-electron chi connectivity index (χ1n) is 7.57. The molecule has 1 aromatic rings. The van der Waals surface area contributed by atoms with Gasteiger partial charge in [0.1, 0.15) is 5.75 Å². The first-order chi connectivity index (χ1) is 9.13. The number of benzene rings is 1. The third kappa shape index (κ3) is 3.73. The van der Waals surface area contributed by atoms with Gasteiger partial charge in [-0.05, 0) is 31.2 Å². The second-order valence-electron chi connectivity index (χ2n) is 6.21. The molecule has 2 nitrogen and oxygen atoms in total. The molecule has 19 heavy (non-hydrogen) atoms. The summed E-state index contributed by atoms with van der Waals surface area (Å²) in [6, 6.07) is 8.97. The zero-order valence-electron chi connectivity index (χ0n) is 12.5. The smallest absolute Gasteiger partial charge is 0.123 e. The maximum atomic E-state index is 5.69. The van der Waals surface area contributed by atoms with Crippen LogP contribution in [0.1, 0.15) is 52.0 Å². The van der Waals surface area contributed by atoms with Crippen LogP contribution >= 0.6 is 0 Å². The fraction of sp³-hybridized carbons (Fsp3) is 0.647. The molecule has 1 fully saturated rings. The van der Waals surface area contributed by atoms with Crippen molar-refractivity contribution in [2.75, 3.05) is 6.61 Å². The summed E-state index contributed by atoms with van der Waals surface area (Å²) in [6.07, 6.45) is 5.36. The normalized spacial score (nSPS) is 22.2. The lowest BCUT2D eigenvalue weighted by atomic mass is 9.73. The van der Waals surface area contributed by atoms with Gasteiger partial charge in [-0.1, -0.05) is 44.9 Å². The summed E-state index contributed by atoms with van der Waals surface area (Å²) in [5.41, 5.74) is 1.68. The second-order valence-corrected chi connectivity index (χ2v) is 6.21. The highest BCUT2D eigenvalue weighted by Crippen LogP contribution is 2.35. The number of ether oxygens (including phenoxy) is 1. The number of nitrogens with one attached hydrogen (secondary N) is 1. The minimum atomic E-state index is 0.415. The van der Waals surface area contributed by atoms with Crippen LogP contribution in [0.3, 0.4) is 0 Å². The van der Waals surface area contributed by atoms with Gasteiger partial charge < -0.3 is 10.1 Å². The van der Waals surface area contributed by atoms with Gasteiger partial charge in [0.05, 0.1) is 6.61 Å². The fourth-order valence-corrected chi connectivity index (χ4v) is 3.05. The average molecular weight is 261 g/mol. The fourth-order valence-electron chi connectivity index (χ4n) is 3.05. The van der Waals surface area contributed by atoms with E-state index < -0.39 is 0 Å². The van der Waals surface area contributed by atoms with Crippen LogP contribution in [0.4, 0.5) is 0 Å². The Bertz CT molecular complexity index is 400. The highest BCUT2D eigenvalue weighted by atomic mass is 16.5. The van der Waals surface area contributed by atoms with Crippen molar-refractivity contribution in [1.82, 2.24) is 5.32 Å². The molecule has 106 valence electrons. The van der Waals surface area contributed by atoms with E-state index in [1.807, 2.05) is 13.0 Å². The summed E-state index contributed by atoms with van der Waals surface area (Å²) >= 11 is 0. The molecule has 0 aromatic heterocycles. The molecule has 2 rings (SSSR count). The molecule has 0 radical (unpaired) electrons. The molecule has 0 spiro atoms. The number of hydrogen-bond acceptors (Lipinski definition) is 2. The molecular formula is C17H27NO. The maximum Gasteiger partial charge on any atom is 0.123 e. The molecular weight excluding hydrogens is 234 g/mol. The first kappa shape index (κ1) is 14.4. The van der Waals surface area contributed by atoms with Crippen molar-refractivity contribution < 1.29 is 4.74 Å². The quantitative estimate of drug-likeness (QED) is 0.860. The highest BCUT2D eigenvalue weighted by Gasteiger charge is 2.31. The van der Waals surface area contributed by atoms with Crippen LogP contribution in [-0.2, 0) is 6.54 Å². The zero-order chi connectivity index (χ0) is 13.7. The lowest BCUT2D eigenvalue weighted by Crippen LogP contribution is -2.43. The molecule has 0 aliphatic heterocycles. The van der Waals surface area contributed by atoms with Crippen LogP contribution in [0.25, 0.3) is 0 Å². The van der Waals surface area contributed by atoms with Crippen LogP contribution in [0, 0.1) is 5.41 Å². The van der Waals surface area contributed by atoms with Crippen molar-refractivity contribution in [1.29, 1.82) is 0 Å². The third-order valence-corrected chi connectivity index (χ3v) is 4.32. The van der Waals surface area contributed by atoms with E-state index in [0.717, 1.165) is 18.9 Å². The number of para-hydroxylation sites is 1. The van der Waals surface area contributed by atoms with Crippen LogP contribution in [0.2, 0.25) is 0 Å². The Balaban J connectivity index is 1.98. The summed E-state index contributed by atoms with van der Waals surface area (Å²) < 4.78 is 5.69. The summed E-state index contributed by atoms with van der Waals surface area (Å²) in [4.78, 5) is 0. The summed E-state index contributed by atoms with van der Waals surface area (Å²) in [7, 11) is 0. The molecule has 2 heteroatoms. The molecule has 1 aliphatic rings. The molecule has 1 atom stereocenters. The van der Waals surface area contributed by atoms with Gasteiger partial charge in [-0.3, -0.25) is 0 Å². The van der Waals surface area contributed by atoms with E-state index in [0.29, 0.717) is 11.5 Å². The Hall–Kier alpha value is -1.02. The van der Waals surface area contributed by atoms with Crippen LogP contribution in [0.15, 0.2) is 24.3 Å². The van der Waals surface area contributed by atoms with E-state index in [9.17, 15) is 0 Å². The van der Waals surface area contributed by atoms with Crippen molar-refractivity contribution >= 4 is 0 Å². The largest absolute Gasteiger partial charge is 0.494 e. The van der Waals surface area contributed by atoms with Gasteiger partial charge in [0.2, 0.25) is 0 Å². The van der Waals surface area contributed by atoms with Crippen molar-refractivity contribution in [2.45, 2.75) is 59.0 Å². The van der Waals surface area contributed by atoms with Gasteiger partial charge in [-0.25, -0.2) is 0 Å². The molecule has 1 saturated carbocycles. The van der Waals surface area contributed by atoms with Crippen molar-refractivity contribution in [3.63, 3.8) is 0 Å². The summed E-state index contributed by atoms with van der Waals surface area (Å²) in [6.45, 7) is 8.45. The van der Waals surface area contributed by atoms with Gasteiger partial charge in [-0.15, -0.1) is 0 Å². The molecule has 0 saturated heterocycles. The van der Waals surface area contributed by atoms with Crippen LogP contribution < -0.4 is 10.1 Å². The summed E-state index contributed by atoms with van der Waals surface area (Å²) in [5, 5.41) is 3.75. The zero-order valence-corrected chi connectivity index (χ0v) is 12.5. The predicted octanol–water partition coefficient (Wildman–Crippen LogP) is 4.14. The second kappa shape index (κ2) is 6.42. The molecule has 1 aromatic carbocycles. The lowest BCUT2D eigenvalue weighted by Gasteiger charge is -2.39. The van der Waals surface area contributed by atoms with E-state index >= 15 is 0 Å². The van der Waals surface area contributed by atoms with E-state index in [1.54, 1.807) is 0 Å². The van der Waals surface area contributed by atoms with Gasteiger partial charge in [-0.2, -0.15) is 0 Å². The Morgan fingerprint density at radius 3 is 2.79 bits per heavy atom. The maximum absolute atomic E-state index is 5.69. The predicted molar refractivity (Wildman–Crippen MR) is 80.5 cm³/mol. The third-order valence-electron chi connectivity index (χ3n) is 4.32. The Kier molecular flexibility index (Phi) is 4.87. The highest BCUT2D eigenvalue weighted by molar-refractivity contribution is 5.33. The van der Waals surface area contributed by atoms with Gasteiger partial charge in [0, 0.05) is 18.2 Å². The van der Waals surface area contributed by atoms with Crippen molar-refractivity contribution in [3.8, 4) is 5.75 Å². The molecule has 0 amide bonds. The van der Waals surface area contributed by atoms with E-state index in [4.69, 9.17) is 4.74 Å². The van der Waals surface area contributed by atoms with Gasteiger partial charge >= 0.3 is 0 Å². The van der Waals surface area contributed by atoms with E-state index in [1.165, 1.54) is 31.2 Å². The number of rotatable bonds is 5. The van der Waals surface area contributed by atoms with E-state index in [2.05, 4.69) is 37.4 Å². The SMILES string of the molecule is CCOc1ccccc1CNC1CCCCC1(C)C. The monoisotopic (exact) mass is 261 g/mol. The molecule has 1 unspecified atom stereocenters. The minimum absolute atomic E-state index is 0.415. The summed E-state index contributed by atoms with van der Waals surface area (Å²) in [5.74, 6) is 1.02. The van der Waals surface area contributed by atoms with Gasteiger partial charge in [0.15, 0.2) is 0 Å². The Morgan fingerprint density at radius 2 is 2.05 bits per heavy atom. The van der Waals surface area contributed by atoms with Crippen molar-refractivity contribution in [3.05, 3.63) is 29.8 Å². The first-order valence-corrected chi connectivity index (χ1v) is 7.57. The Labute approximate surface area is 117 Å². The minimum Gasteiger partial charge on any atom is -0.494 e. The van der Waals surface area contributed by atoms with Crippen LogP contribution in [0.5, 0.6) is 5.75 Å². The molecule has 0 bridgehead atoms. The topological polar surface area (TPSA) is 21.3 Å². The van der Waals surface area contributed by atoms with Crippen LogP contribution in [-0.4, -0.2) is 12.6 Å². The standard InChI is InChI=1S/C17H27NO/c1-4-19-15-10-6-5-9-14(15)13-18-16-11-7-8-12-17(16,2)3/h5-6,9-10,16,18H,4,7-8,11-13H2,1-3H3. The number of hydrogen-bond donors (Lipinski definition) is 1. The van der Waals surface area contributed by atoms with Gasteiger partial charge in [0.25, 0.3) is 0 Å². The average Bonchev–Trinajstić information content (AvgIpc) is 2.39.